The van der Waals surface area contributed by atoms with Crippen molar-refractivity contribution in [3.63, 3.8) is 0 Å². The summed E-state index contributed by atoms with van der Waals surface area (Å²) in [6.07, 6.45) is 25.7. The molecule has 0 amide bonds. The monoisotopic (exact) mass is 878 g/mol. The Labute approximate surface area is 351 Å². The first-order valence-corrected chi connectivity index (χ1v) is 20.3. The van der Waals surface area contributed by atoms with Crippen molar-refractivity contribution in [2.24, 2.45) is 30.6 Å². The largest absolute Gasteiger partial charge is 0.481 e. The number of nitrogens with zero attached hydrogens (tertiary/aromatic N) is 8. The van der Waals surface area contributed by atoms with E-state index in [0.29, 0.717) is 22.8 Å². The van der Waals surface area contributed by atoms with E-state index in [1.54, 1.807) is 0 Å². The third-order valence-electron chi connectivity index (χ3n) is 8.36. The van der Waals surface area contributed by atoms with Gasteiger partial charge in [-0.3, -0.25) is 9.11 Å². The Morgan fingerprint density at radius 3 is 0.984 bits per heavy atom. The maximum Gasteiger partial charge on any atom is 0.296 e. The first-order chi connectivity index (χ1) is 29.4. The lowest BCUT2D eigenvalue weighted by Gasteiger charge is -2.05. The number of aliphatic hydroxyl groups excluding tert-OH is 2. The maximum absolute atomic E-state index is 13.0. The number of benzene rings is 2. The molecular weight excluding hydrogens is 849 g/mol. The third kappa shape index (κ3) is 11.3. The summed E-state index contributed by atoms with van der Waals surface area (Å²) in [5.74, 6) is -1.67. The van der Waals surface area contributed by atoms with E-state index in [-0.39, 0.29) is 54.8 Å². The summed E-state index contributed by atoms with van der Waals surface area (Å²) in [6.45, 7) is 0. The summed E-state index contributed by atoms with van der Waals surface area (Å²) in [7, 11) is -9.96. The third-order valence-corrected chi connectivity index (χ3v) is 10.2. The zero-order chi connectivity index (χ0) is 44.6. The number of aliphatic hydroxyl groups is 4. The number of allylic oxidation sites excluding steroid dienone is 18. The number of rotatable bonds is 10. The smallest absolute Gasteiger partial charge is 0.296 e. The van der Waals surface area contributed by atoms with E-state index in [4.69, 9.17) is 20.4 Å². The van der Waals surface area contributed by atoms with E-state index in [0.717, 1.165) is 36.4 Å². The molecule has 4 aliphatic carbocycles. The highest BCUT2D eigenvalue weighted by Crippen LogP contribution is 2.28. The molecule has 0 saturated carbocycles. The Kier molecular flexibility index (Phi) is 12.9. The molecule has 2 aromatic rings. The molecule has 0 spiro atoms. The van der Waals surface area contributed by atoms with Gasteiger partial charge in [0, 0.05) is 24.3 Å². The van der Waals surface area contributed by atoms with E-state index < -0.39 is 41.9 Å². The van der Waals surface area contributed by atoms with Crippen LogP contribution in [0, 0.1) is 9.81 Å². The van der Waals surface area contributed by atoms with Gasteiger partial charge in [-0.15, -0.1) is 0 Å². The van der Waals surface area contributed by atoms with Crippen LogP contribution in [0.4, 0.5) is 11.4 Å². The molecule has 20 nitrogen and oxygen atoms in total. The number of hydrogen-bond donors (Lipinski definition) is 6. The van der Waals surface area contributed by atoms with Gasteiger partial charge in [-0.25, -0.2) is 0 Å². The van der Waals surface area contributed by atoms with E-state index in [1.165, 1.54) is 109 Å². The number of nitroso groups, excluding NO2 is 2. The van der Waals surface area contributed by atoms with Crippen LogP contribution < -0.4 is 0 Å². The predicted molar refractivity (Wildman–Crippen MR) is 230 cm³/mol. The minimum absolute atomic E-state index is 0.108. The molecule has 6 rings (SSSR count). The molecule has 0 atom stereocenters. The Bertz CT molecular complexity index is 2790. The Morgan fingerprint density at radius 2 is 0.710 bits per heavy atom. The molecule has 62 heavy (non-hydrogen) atoms. The van der Waals surface area contributed by atoms with E-state index >= 15 is 0 Å². The van der Waals surface area contributed by atoms with Crippen molar-refractivity contribution in [2.45, 2.75) is 9.79 Å². The zero-order valence-electron chi connectivity index (χ0n) is 31.4. The van der Waals surface area contributed by atoms with Gasteiger partial charge in [0.05, 0.1) is 54.0 Å². The van der Waals surface area contributed by atoms with Gasteiger partial charge in [0.1, 0.15) is 21.2 Å². The highest BCUT2D eigenvalue weighted by molar-refractivity contribution is 7.86. The predicted octanol–water partition coefficient (Wildman–Crippen LogP) is 6.64. The number of hydrogen-bond acceptors (Lipinski definition) is 14. The lowest BCUT2D eigenvalue weighted by molar-refractivity contribution is -0.468. The summed E-state index contributed by atoms with van der Waals surface area (Å²) in [4.78, 5) is 24.6. The summed E-state index contributed by atoms with van der Waals surface area (Å²) in [6, 6.07) is 6.37. The van der Waals surface area contributed by atoms with Gasteiger partial charge in [0.15, 0.2) is 9.74 Å². The fourth-order valence-electron chi connectivity index (χ4n) is 5.27. The van der Waals surface area contributed by atoms with Crippen LogP contribution in [0.1, 0.15) is 11.1 Å². The van der Waals surface area contributed by atoms with Crippen LogP contribution in [0.25, 0.3) is 12.2 Å². The lowest BCUT2D eigenvalue weighted by Crippen LogP contribution is -2.06. The van der Waals surface area contributed by atoms with Gasteiger partial charge in [0.2, 0.25) is 0 Å². The minimum Gasteiger partial charge on any atom is -0.481 e. The summed E-state index contributed by atoms with van der Waals surface area (Å²) >= 11 is 0. The molecule has 6 N–H and O–H groups in total. The van der Waals surface area contributed by atoms with Crippen molar-refractivity contribution in [1.29, 1.82) is 0 Å². The van der Waals surface area contributed by atoms with E-state index in [9.17, 15) is 35.8 Å². The van der Waals surface area contributed by atoms with Crippen LogP contribution in [0.15, 0.2) is 197 Å². The van der Waals surface area contributed by atoms with E-state index in [1.807, 2.05) is 0 Å². The first-order valence-electron chi connectivity index (χ1n) is 17.5. The normalized spacial score (nSPS) is 15.7. The standard InChI is InChI=1S/C40H28N8O12S2/c49-39(50)27-3-9-29(10-4-27)41-43-31-13-17-33(18-14-31)45-47(53)35-21-7-25(37(23-35)61(55,56)57)1-2-26-8-22-36(24-38(26)62(58,59)60)48(54)46-34-19-15-32(16-20-34)44-42-30-11-5-28(6-12-30)40(51)52/h1-24H,(H4-2,41,42,45,46,49,50,51,52,53,54,55,56,57,58,59,60)/p+2/b2-1+. The molecule has 0 fully saturated rings. The van der Waals surface area contributed by atoms with Gasteiger partial charge in [-0.1, -0.05) is 12.2 Å². The first kappa shape index (κ1) is 43.4. The summed E-state index contributed by atoms with van der Waals surface area (Å²) < 4.78 is 69.6. The van der Waals surface area contributed by atoms with Crippen molar-refractivity contribution < 1.29 is 56.1 Å². The average molecular weight is 879 g/mol. The van der Waals surface area contributed by atoms with Crippen LogP contribution in [-0.2, 0) is 20.2 Å². The molecule has 0 unspecified atom stereocenters. The van der Waals surface area contributed by atoms with Gasteiger partial charge in [-0.2, -0.15) is 37.2 Å². The van der Waals surface area contributed by atoms with Crippen molar-refractivity contribution in [1.82, 2.24) is 0 Å². The maximum atomic E-state index is 13.0. The Morgan fingerprint density at radius 1 is 0.435 bits per heavy atom. The SMILES string of the molecule is O=[N+](N=C1C=CC(=NN=C2C=CC(=C(O)O)C=C2)C=C1)c1ccc(/C=C/c2ccc([N+](=O)N=C3C=CC(=NN=C4C=CC(=C(O)O)C=C4)C=C3)cc2S(=O)(=O)O)c(S(=O)(=O)O)c1. The summed E-state index contributed by atoms with van der Waals surface area (Å²) in [5.41, 5.74) is 1.30. The molecule has 4 aliphatic rings. The molecule has 0 aromatic heterocycles. The molecule has 312 valence electrons. The number of hydrazone groups is 2. The Hall–Kier alpha value is -8.18. The van der Waals surface area contributed by atoms with Crippen molar-refractivity contribution >= 4 is 78.0 Å². The fraction of sp³-hybridized carbons (Fsp3) is 0. The van der Waals surface area contributed by atoms with Crippen LogP contribution in [0.3, 0.4) is 0 Å². The Balaban J connectivity index is 1.16. The lowest BCUT2D eigenvalue weighted by atomic mass is 10.1. The zero-order valence-corrected chi connectivity index (χ0v) is 33.0. The molecule has 2 aromatic carbocycles. The molecule has 0 bridgehead atoms. The molecular formula is C40H30N8O12S2+2. The van der Waals surface area contributed by atoms with Crippen molar-refractivity contribution in [3.05, 3.63) is 178 Å². The summed E-state index contributed by atoms with van der Waals surface area (Å²) in [5, 5.41) is 60.5. The van der Waals surface area contributed by atoms with Crippen LogP contribution in [0.5, 0.6) is 0 Å². The second kappa shape index (κ2) is 18.4. The van der Waals surface area contributed by atoms with Gasteiger partial charge in [0.25, 0.3) is 43.5 Å². The average Bonchev–Trinajstić information content (AvgIpc) is 3.24. The van der Waals surface area contributed by atoms with Gasteiger partial charge < -0.3 is 20.4 Å². The highest BCUT2D eigenvalue weighted by Gasteiger charge is 2.25. The van der Waals surface area contributed by atoms with Crippen molar-refractivity contribution in [2.75, 3.05) is 0 Å². The molecule has 0 heterocycles. The quantitative estimate of drug-likeness (QED) is 0.0366. The molecule has 0 aliphatic heterocycles. The van der Waals surface area contributed by atoms with Crippen LogP contribution in [-0.4, -0.2) is 90.4 Å². The molecule has 0 saturated heterocycles. The second-order valence-corrected chi connectivity index (χ2v) is 15.4. The van der Waals surface area contributed by atoms with Crippen molar-refractivity contribution in [3.8, 4) is 0 Å². The van der Waals surface area contributed by atoms with Gasteiger partial charge in [-0.05, 0) is 120 Å². The topological polar surface area (TPSA) is 304 Å². The minimum atomic E-state index is -4.98. The van der Waals surface area contributed by atoms with E-state index in [2.05, 4.69) is 30.6 Å². The van der Waals surface area contributed by atoms with Gasteiger partial charge >= 0.3 is 0 Å². The second-order valence-electron chi connectivity index (χ2n) is 12.6. The highest BCUT2D eigenvalue weighted by atomic mass is 32.2. The molecule has 22 heteroatoms. The van der Waals surface area contributed by atoms with Crippen LogP contribution >= 0.6 is 0 Å². The fourth-order valence-corrected chi connectivity index (χ4v) is 6.68. The molecule has 0 radical (unpaired) electrons. The van der Waals surface area contributed by atoms with Crippen LogP contribution in [0.2, 0.25) is 0 Å².